The van der Waals surface area contributed by atoms with Crippen LogP contribution < -0.4 is 10.6 Å². The zero-order chi connectivity index (χ0) is 33.0. The van der Waals surface area contributed by atoms with Crippen LogP contribution in [0.5, 0.6) is 0 Å². The fourth-order valence-corrected chi connectivity index (χ4v) is 5.68. The number of carbonyl (C=O) groups excluding carboxylic acids is 3. The first kappa shape index (κ1) is 35.9. The fourth-order valence-electron chi connectivity index (χ4n) is 4.84. The van der Waals surface area contributed by atoms with Gasteiger partial charge in [-0.3, -0.25) is 14.4 Å². The Balaban J connectivity index is 1.68. The van der Waals surface area contributed by atoms with Crippen LogP contribution in [0.2, 0.25) is 0 Å². The maximum Gasteiger partial charge on any atom is 0.366 e. The van der Waals surface area contributed by atoms with Gasteiger partial charge >= 0.3 is 11.9 Å². The lowest BCUT2D eigenvalue weighted by Crippen LogP contribution is -2.68. The summed E-state index contributed by atoms with van der Waals surface area (Å²) in [5, 5.41) is 46.8. The van der Waals surface area contributed by atoms with Crippen molar-refractivity contribution in [3.05, 3.63) is 60.2 Å². The van der Waals surface area contributed by atoms with Crippen LogP contribution >= 0.6 is 11.8 Å². The van der Waals surface area contributed by atoms with E-state index in [1.54, 1.807) is 24.3 Å². The number of amides is 2. The van der Waals surface area contributed by atoms with Gasteiger partial charge in [-0.25, -0.2) is 4.79 Å². The Labute approximate surface area is 265 Å². The first-order valence-electron chi connectivity index (χ1n) is 14.4. The molecule has 1 aliphatic rings. The van der Waals surface area contributed by atoms with E-state index in [9.17, 15) is 34.5 Å². The molecule has 3 rings (SSSR count). The molecular formula is C31H40N2O11S. The molecule has 45 heavy (non-hydrogen) atoms. The quantitative estimate of drug-likeness (QED) is 0.111. The summed E-state index contributed by atoms with van der Waals surface area (Å²) >= 11 is 1.38. The Bertz CT molecular complexity index is 1280. The minimum atomic E-state index is -2.18. The Morgan fingerprint density at radius 3 is 2.33 bits per heavy atom. The lowest BCUT2D eigenvalue weighted by molar-refractivity contribution is -0.311. The molecule has 0 aromatic heterocycles. The van der Waals surface area contributed by atoms with Crippen LogP contribution in [0.3, 0.4) is 0 Å². The van der Waals surface area contributed by atoms with Crippen molar-refractivity contribution in [3.63, 3.8) is 0 Å². The van der Waals surface area contributed by atoms with E-state index in [4.69, 9.17) is 19.3 Å². The Morgan fingerprint density at radius 2 is 1.71 bits per heavy atom. The highest BCUT2D eigenvalue weighted by molar-refractivity contribution is 7.99. The van der Waals surface area contributed by atoms with Crippen LogP contribution in [0, 0.1) is 0 Å². The number of hydrogen-bond acceptors (Lipinski definition) is 11. The summed E-state index contributed by atoms with van der Waals surface area (Å²) < 4.78 is 16.6. The van der Waals surface area contributed by atoms with Crippen LogP contribution in [0.4, 0.5) is 0 Å². The summed E-state index contributed by atoms with van der Waals surface area (Å²) in [6.07, 6.45) is -6.53. The van der Waals surface area contributed by atoms with Gasteiger partial charge in [0.15, 0.2) is 0 Å². The van der Waals surface area contributed by atoms with Gasteiger partial charge in [0.25, 0.3) is 11.7 Å². The number of carboxylic acids is 1. The summed E-state index contributed by atoms with van der Waals surface area (Å²) in [6.45, 7) is 0.719. The van der Waals surface area contributed by atoms with Crippen molar-refractivity contribution < 1.29 is 53.8 Å². The molecule has 13 nitrogen and oxygen atoms in total. The molecule has 6 N–H and O–H groups in total. The third-order valence-electron chi connectivity index (χ3n) is 7.12. The first-order valence-corrected chi connectivity index (χ1v) is 15.6. The first-order chi connectivity index (χ1) is 21.5. The van der Waals surface area contributed by atoms with Gasteiger partial charge in [-0.15, -0.1) is 0 Å². The van der Waals surface area contributed by atoms with Crippen molar-refractivity contribution in [1.82, 2.24) is 10.6 Å². The molecule has 2 aromatic carbocycles. The largest absolute Gasteiger partial charge is 0.481 e. The predicted molar refractivity (Wildman–Crippen MR) is 164 cm³/mol. The second-order valence-electron chi connectivity index (χ2n) is 10.5. The highest BCUT2D eigenvalue weighted by Crippen LogP contribution is 2.34. The molecule has 1 heterocycles. The van der Waals surface area contributed by atoms with Crippen LogP contribution in [0.25, 0.3) is 11.1 Å². The number of thioether (sulfide) groups is 1. The zero-order valence-corrected chi connectivity index (χ0v) is 25.9. The third kappa shape index (κ3) is 10.2. The molecule has 0 saturated carbocycles. The molecule has 2 aromatic rings. The number of rotatable bonds is 16. The van der Waals surface area contributed by atoms with Gasteiger partial charge in [-0.05, 0) is 35.4 Å². The monoisotopic (exact) mass is 648 g/mol. The van der Waals surface area contributed by atoms with Gasteiger partial charge in [0.05, 0.1) is 38.4 Å². The number of ether oxygens (including phenoxy) is 3. The van der Waals surface area contributed by atoms with Gasteiger partial charge in [-0.2, -0.15) is 11.8 Å². The molecule has 1 saturated heterocycles. The second-order valence-corrected chi connectivity index (χ2v) is 11.7. The maximum absolute atomic E-state index is 12.9. The molecular weight excluding hydrogens is 608 g/mol. The topological polar surface area (TPSA) is 201 Å². The van der Waals surface area contributed by atoms with E-state index in [2.05, 4.69) is 10.6 Å². The number of carboxylic acid groups (broad SMARTS) is 1. The summed E-state index contributed by atoms with van der Waals surface area (Å²) in [5.74, 6) is -4.26. The highest BCUT2D eigenvalue weighted by atomic mass is 32.2. The molecule has 6 atom stereocenters. The van der Waals surface area contributed by atoms with Gasteiger partial charge in [0, 0.05) is 31.2 Å². The minimum Gasteiger partial charge on any atom is -0.481 e. The summed E-state index contributed by atoms with van der Waals surface area (Å²) in [4.78, 5) is 48.3. The molecule has 14 heteroatoms. The van der Waals surface area contributed by atoms with E-state index in [0.717, 1.165) is 18.2 Å². The molecule has 246 valence electrons. The highest BCUT2D eigenvalue weighted by Gasteiger charge is 2.56. The number of carbonyl (C=O) groups is 4. The van der Waals surface area contributed by atoms with Crippen molar-refractivity contribution in [2.24, 2.45) is 0 Å². The van der Waals surface area contributed by atoms with E-state index in [1.807, 2.05) is 30.3 Å². The van der Waals surface area contributed by atoms with E-state index >= 15 is 0 Å². The van der Waals surface area contributed by atoms with Crippen LogP contribution in [-0.4, -0.2) is 112 Å². The number of aliphatic hydroxyl groups excluding tert-OH is 3. The van der Waals surface area contributed by atoms with Crippen molar-refractivity contribution >= 4 is 35.5 Å². The van der Waals surface area contributed by atoms with Crippen molar-refractivity contribution in [2.45, 2.75) is 62.4 Å². The lowest BCUT2D eigenvalue weighted by atomic mass is 9.88. The number of benzene rings is 2. The minimum absolute atomic E-state index is 0.000347. The molecule has 0 aliphatic carbocycles. The number of nitrogens with one attached hydrogen (secondary N) is 2. The van der Waals surface area contributed by atoms with E-state index in [-0.39, 0.29) is 13.0 Å². The van der Waals surface area contributed by atoms with Crippen LogP contribution in [0.1, 0.15) is 36.5 Å². The Morgan fingerprint density at radius 1 is 1.04 bits per heavy atom. The summed E-state index contributed by atoms with van der Waals surface area (Å²) in [7, 11) is 1.09. The van der Waals surface area contributed by atoms with Crippen LogP contribution in [-0.2, 0) is 28.6 Å². The number of aliphatic carboxylic acids is 1. The molecule has 2 unspecified atom stereocenters. The fraction of sp³-hybridized carbons (Fsp3) is 0.484. The van der Waals surface area contributed by atoms with E-state index in [1.165, 1.54) is 18.7 Å². The van der Waals surface area contributed by atoms with Gasteiger partial charge in [-0.1, -0.05) is 42.5 Å². The number of esters is 1. The van der Waals surface area contributed by atoms with Crippen molar-refractivity contribution in [2.75, 3.05) is 31.8 Å². The summed E-state index contributed by atoms with van der Waals surface area (Å²) in [6, 6.07) is 15.2. The number of aliphatic hydroxyl groups is 3. The molecule has 1 aliphatic heterocycles. The summed E-state index contributed by atoms with van der Waals surface area (Å²) in [5.41, 5.74) is 2.21. The zero-order valence-electron chi connectivity index (χ0n) is 25.1. The van der Waals surface area contributed by atoms with E-state index < -0.39 is 73.0 Å². The molecule has 2 amide bonds. The normalized spacial score (nSPS) is 22.6. The molecule has 0 bridgehead atoms. The molecule has 0 radical (unpaired) electrons. The Hall–Kier alpha value is -3.53. The predicted octanol–water partition coefficient (Wildman–Crippen LogP) is 0.944. The second kappa shape index (κ2) is 17.2. The standard InChI is InChI=1S/C31H40N2O11S/c1-19(34)33-26-23(35)17-31(30(41)42-2,43-14-6-15-45-16-13-25(37)38)44-28(26)27(39)24(36)18-32-29(40)22-11-9-21(10-12-22)20-7-4-3-5-8-20/h3-5,7-12,23-24,26-28,35-36,39H,6,13-18H2,1-2H3,(H,32,40)(H,33,34)(H,37,38)/t23-,24-,26?,27-,28?,31-/m1/s1. The maximum atomic E-state index is 12.9. The van der Waals surface area contributed by atoms with Gasteiger partial charge in [0.1, 0.15) is 12.2 Å². The number of hydrogen-bond donors (Lipinski definition) is 6. The van der Waals surface area contributed by atoms with Crippen molar-refractivity contribution in [1.29, 1.82) is 0 Å². The van der Waals surface area contributed by atoms with E-state index in [0.29, 0.717) is 23.5 Å². The smallest absolute Gasteiger partial charge is 0.366 e. The van der Waals surface area contributed by atoms with Crippen LogP contribution in [0.15, 0.2) is 54.6 Å². The Kier molecular flexibility index (Phi) is 13.8. The van der Waals surface area contributed by atoms with Gasteiger partial charge in [0.2, 0.25) is 5.91 Å². The molecule has 1 fully saturated rings. The third-order valence-corrected chi connectivity index (χ3v) is 8.19. The van der Waals surface area contributed by atoms with Crippen molar-refractivity contribution in [3.8, 4) is 11.1 Å². The van der Waals surface area contributed by atoms with Gasteiger partial charge < -0.3 is 45.3 Å². The average Bonchev–Trinajstić information content (AvgIpc) is 3.03. The molecule has 0 spiro atoms. The average molecular weight is 649 g/mol. The number of methoxy groups -OCH3 is 1. The lowest BCUT2D eigenvalue weighted by Gasteiger charge is -2.47. The SMILES string of the molecule is COC(=O)[C@@]1(OCCCSCCC(=O)O)C[C@@H](O)C(NC(C)=O)C([C@H](O)[C@H](O)CNC(=O)c2ccc(-c3ccccc3)cc2)O1.